The minimum absolute atomic E-state index is 0.326. The van der Waals surface area contributed by atoms with Crippen molar-refractivity contribution in [3.63, 3.8) is 0 Å². The molecule has 0 spiro atoms. The van der Waals surface area contributed by atoms with Crippen LogP contribution in [0.15, 0.2) is 11.8 Å². The van der Waals surface area contributed by atoms with Gasteiger partial charge >= 0.3 is 0 Å². The molecule has 3 heteroatoms. The molecule has 0 bridgehead atoms. The summed E-state index contributed by atoms with van der Waals surface area (Å²) in [5, 5.41) is 3.21. The van der Waals surface area contributed by atoms with E-state index in [4.69, 9.17) is 9.47 Å². The van der Waals surface area contributed by atoms with Gasteiger partial charge in [0, 0.05) is 20.1 Å². The van der Waals surface area contributed by atoms with Gasteiger partial charge < -0.3 is 14.8 Å². The van der Waals surface area contributed by atoms with Crippen LogP contribution in [0.2, 0.25) is 0 Å². The summed E-state index contributed by atoms with van der Waals surface area (Å²) in [7, 11) is 3.67. The summed E-state index contributed by atoms with van der Waals surface area (Å²) >= 11 is 0. The molecular weight excluding hydrogens is 154 g/mol. The van der Waals surface area contributed by atoms with Crippen LogP contribution in [0.4, 0.5) is 0 Å². The van der Waals surface area contributed by atoms with Gasteiger partial charge in [0.1, 0.15) is 5.76 Å². The standard InChI is InChI=1S/C9H17NO2/c1-10-8(5-7-11-2)9-4-3-6-12-9/h4,8,10H,3,5-7H2,1-2H3. The van der Waals surface area contributed by atoms with Crippen molar-refractivity contribution in [3.05, 3.63) is 11.8 Å². The van der Waals surface area contributed by atoms with Crippen LogP contribution in [-0.4, -0.2) is 33.4 Å². The minimum atomic E-state index is 0.326. The Balaban J connectivity index is 2.33. The summed E-state index contributed by atoms with van der Waals surface area (Å²) in [6.07, 6.45) is 4.16. The van der Waals surface area contributed by atoms with Gasteiger partial charge in [-0.05, 0) is 19.5 Å². The lowest BCUT2D eigenvalue weighted by molar-refractivity contribution is 0.166. The maximum atomic E-state index is 5.45. The highest BCUT2D eigenvalue weighted by molar-refractivity contribution is 5.06. The monoisotopic (exact) mass is 171 g/mol. The first kappa shape index (κ1) is 9.55. The number of ether oxygens (including phenoxy) is 2. The second-order valence-corrected chi connectivity index (χ2v) is 2.87. The van der Waals surface area contributed by atoms with E-state index >= 15 is 0 Å². The number of nitrogens with one attached hydrogen (secondary N) is 1. The zero-order valence-electron chi connectivity index (χ0n) is 7.80. The van der Waals surface area contributed by atoms with Crippen molar-refractivity contribution >= 4 is 0 Å². The first-order valence-electron chi connectivity index (χ1n) is 4.37. The van der Waals surface area contributed by atoms with E-state index in [9.17, 15) is 0 Å². The van der Waals surface area contributed by atoms with Crippen LogP contribution in [0.25, 0.3) is 0 Å². The Hall–Kier alpha value is -0.540. The molecule has 1 atom stereocenters. The normalized spacial score (nSPS) is 18.7. The molecular formula is C9H17NO2. The second-order valence-electron chi connectivity index (χ2n) is 2.87. The van der Waals surface area contributed by atoms with Crippen LogP contribution in [0.5, 0.6) is 0 Å². The van der Waals surface area contributed by atoms with Gasteiger partial charge in [-0.25, -0.2) is 0 Å². The van der Waals surface area contributed by atoms with E-state index in [1.54, 1.807) is 7.11 Å². The fourth-order valence-electron chi connectivity index (χ4n) is 1.34. The van der Waals surface area contributed by atoms with Gasteiger partial charge in [-0.3, -0.25) is 0 Å². The van der Waals surface area contributed by atoms with Gasteiger partial charge in [0.05, 0.1) is 12.6 Å². The molecule has 1 heterocycles. The van der Waals surface area contributed by atoms with Crippen molar-refractivity contribution in [3.8, 4) is 0 Å². The number of rotatable bonds is 5. The molecule has 1 N–H and O–H groups in total. The average molecular weight is 171 g/mol. The van der Waals surface area contributed by atoms with Gasteiger partial charge in [-0.2, -0.15) is 0 Å². The molecule has 0 fully saturated rings. The van der Waals surface area contributed by atoms with E-state index in [2.05, 4.69) is 11.4 Å². The molecule has 1 rings (SSSR count). The van der Waals surface area contributed by atoms with Crippen LogP contribution >= 0.6 is 0 Å². The average Bonchev–Trinajstić information content (AvgIpc) is 2.59. The SMILES string of the molecule is CNC(CCOC)C1=CCCO1. The highest BCUT2D eigenvalue weighted by Crippen LogP contribution is 2.15. The van der Waals surface area contributed by atoms with Crippen LogP contribution in [-0.2, 0) is 9.47 Å². The van der Waals surface area contributed by atoms with Crippen molar-refractivity contribution in [2.24, 2.45) is 0 Å². The van der Waals surface area contributed by atoms with Crippen LogP contribution in [0.1, 0.15) is 12.8 Å². The van der Waals surface area contributed by atoms with Crippen molar-refractivity contribution in [2.75, 3.05) is 27.4 Å². The van der Waals surface area contributed by atoms with Gasteiger partial charge in [0.25, 0.3) is 0 Å². The van der Waals surface area contributed by atoms with Gasteiger partial charge in [0.2, 0.25) is 0 Å². The summed E-state index contributed by atoms with van der Waals surface area (Å²) in [6.45, 7) is 1.60. The Labute approximate surface area is 73.7 Å². The minimum Gasteiger partial charge on any atom is -0.496 e. The summed E-state index contributed by atoms with van der Waals surface area (Å²) in [6, 6.07) is 0.326. The van der Waals surface area contributed by atoms with Crippen molar-refractivity contribution < 1.29 is 9.47 Å². The molecule has 0 saturated heterocycles. The third-order valence-electron chi connectivity index (χ3n) is 2.03. The first-order valence-corrected chi connectivity index (χ1v) is 4.37. The largest absolute Gasteiger partial charge is 0.496 e. The van der Waals surface area contributed by atoms with Crippen LogP contribution in [0, 0.1) is 0 Å². The van der Waals surface area contributed by atoms with Crippen molar-refractivity contribution in [1.29, 1.82) is 0 Å². The fourth-order valence-corrected chi connectivity index (χ4v) is 1.34. The van der Waals surface area contributed by atoms with Crippen molar-refractivity contribution in [2.45, 2.75) is 18.9 Å². The number of likely N-dealkylation sites (N-methyl/N-ethyl adjacent to an activating group) is 1. The van der Waals surface area contributed by atoms with Crippen molar-refractivity contribution in [1.82, 2.24) is 5.32 Å². The predicted molar refractivity (Wildman–Crippen MR) is 48.0 cm³/mol. The van der Waals surface area contributed by atoms with E-state index in [1.807, 2.05) is 7.05 Å². The molecule has 0 saturated carbocycles. The lowest BCUT2D eigenvalue weighted by Crippen LogP contribution is -2.28. The van der Waals surface area contributed by atoms with E-state index < -0.39 is 0 Å². The van der Waals surface area contributed by atoms with E-state index in [0.717, 1.165) is 31.8 Å². The molecule has 0 aromatic rings. The molecule has 12 heavy (non-hydrogen) atoms. The van der Waals surface area contributed by atoms with E-state index in [0.29, 0.717) is 6.04 Å². The smallest absolute Gasteiger partial charge is 0.109 e. The third kappa shape index (κ3) is 2.50. The Morgan fingerprint density at radius 1 is 1.75 bits per heavy atom. The molecule has 70 valence electrons. The number of hydrogen-bond acceptors (Lipinski definition) is 3. The highest BCUT2D eigenvalue weighted by atomic mass is 16.5. The molecule has 1 aliphatic heterocycles. The Kier molecular flexibility index (Phi) is 4.11. The summed E-state index contributed by atoms with van der Waals surface area (Å²) in [5.41, 5.74) is 0. The first-order chi connectivity index (χ1) is 5.88. The Morgan fingerprint density at radius 3 is 3.08 bits per heavy atom. The molecule has 0 aliphatic carbocycles. The maximum Gasteiger partial charge on any atom is 0.109 e. The summed E-state index contributed by atoms with van der Waals surface area (Å²) < 4.78 is 10.5. The van der Waals surface area contributed by atoms with Gasteiger partial charge in [0.15, 0.2) is 0 Å². The maximum absolute atomic E-state index is 5.45. The van der Waals surface area contributed by atoms with Gasteiger partial charge in [-0.1, -0.05) is 0 Å². The fraction of sp³-hybridized carbons (Fsp3) is 0.778. The lowest BCUT2D eigenvalue weighted by Gasteiger charge is -2.16. The number of methoxy groups -OCH3 is 1. The highest BCUT2D eigenvalue weighted by Gasteiger charge is 2.16. The molecule has 0 radical (unpaired) electrons. The zero-order valence-corrected chi connectivity index (χ0v) is 7.80. The third-order valence-corrected chi connectivity index (χ3v) is 2.03. The number of hydrogen-bond donors (Lipinski definition) is 1. The van der Waals surface area contributed by atoms with Gasteiger partial charge in [-0.15, -0.1) is 0 Å². The topological polar surface area (TPSA) is 30.5 Å². The quantitative estimate of drug-likeness (QED) is 0.667. The summed E-state index contributed by atoms with van der Waals surface area (Å²) in [4.78, 5) is 0. The zero-order chi connectivity index (χ0) is 8.81. The Morgan fingerprint density at radius 2 is 2.58 bits per heavy atom. The lowest BCUT2D eigenvalue weighted by atomic mass is 10.2. The second kappa shape index (κ2) is 5.17. The molecule has 0 aromatic carbocycles. The predicted octanol–water partition coefficient (Wildman–Crippen LogP) is 0.915. The molecule has 1 aliphatic rings. The summed E-state index contributed by atoms with van der Waals surface area (Å²) in [5.74, 6) is 1.08. The van der Waals surface area contributed by atoms with Crippen LogP contribution in [0.3, 0.4) is 0 Å². The molecule has 0 aromatic heterocycles. The van der Waals surface area contributed by atoms with Crippen LogP contribution < -0.4 is 5.32 Å². The molecule has 1 unspecified atom stereocenters. The molecule has 3 nitrogen and oxygen atoms in total. The molecule has 0 amide bonds. The van der Waals surface area contributed by atoms with E-state index in [-0.39, 0.29) is 0 Å². The van der Waals surface area contributed by atoms with E-state index in [1.165, 1.54) is 0 Å². The Bertz CT molecular complexity index is 157.